The Labute approximate surface area is 111 Å². The molecule has 0 spiro atoms. The first-order chi connectivity index (χ1) is 8.84. The molecule has 0 aliphatic carbocycles. The van der Waals surface area contributed by atoms with Crippen LogP contribution in [0.2, 0.25) is 0 Å². The molecule has 1 aromatic rings. The fraction of sp³-hybridized carbons (Fsp3) is 0.733. The van der Waals surface area contributed by atoms with E-state index < -0.39 is 0 Å². The second kappa shape index (κ2) is 10.0. The minimum absolute atomic E-state index is 0.0769. The van der Waals surface area contributed by atoms with Gasteiger partial charge in [-0.3, -0.25) is 0 Å². The third kappa shape index (κ3) is 6.70. The van der Waals surface area contributed by atoms with E-state index in [1.165, 1.54) is 51.4 Å². The van der Waals surface area contributed by atoms with Crippen molar-refractivity contribution in [1.82, 2.24) is 9.97 Å². The SMILES string of the molecule is CCCCCCCCCCC(N)c1ccncn1. The first kappa shape index (κ1) is 15.1. The number of unbranched alkanes of at least 4 members (excludes halogenated alkanes) is 7. The molecular formula is C15H27N3. The molecule has 0 aliphatic rings. The standard InChI is InChI=1S/C15H27N3/c1-2-3-4-5-6-7-8-9-10-14(16)15-11-12-17-13-18-15/h11-14H,2-10,16H2,1H3. The molecule has 0 saturated heterocycles. The Hall–Kier alpha value is -0.960. The predicted molar refractivity (Wildman–Crippen MR) is 76.2 cm³/mol. The summed E-state index contributed by atoms with van der Waals surface area (Å²) < 4.78 is 0. The van der Waals surface area contributed by atoms with Crippen molar-refractivity contribution in [2.75, 3.05) is 0 Å². The van der Waals surface area contributed by atoms with E-state index in [1.807, 2.05) is 6.07 Å². The summed E-state index contributed by atoms with van der Waals surface area (Å²) in [5, 5.41) is 0. The first-order valence-corrected chi connectivity index (χ1v) is 7.36. The summed E-state index contributed by atoms with van der Waals surface area (Å²) in [6, 6.07) is 1.99. The van der Waals surface area contributed by atoms with Gasteiger partial charge < -0.3 is 5.73 Å². The largest absolute Gasteiger partial charge is 0.323 e. The number of nitrogens with zero attached hydrogens (tertiary/aromatic N) is 2. The fourth-order valence-electron chi connectivity index (χ4n) is 2.17. The molecule has 3 heteroatoms. The highest BCUT2D eigenvalue weighted by Crippen LogP contribution is 2.16. The summed E-state index contributed by atoms with van der Waals surface area (Å²) in [6.45, 7) is 2.26. The Bertz CT molecular complexity index is 287. The lowest BCUT2D eigenvalue weighted by Crippen LogP contribution is -2.11. The van der Waals surface area contributed by atoms with E-state index in [1.54, 1.807) is 12.5 Å². The van der Waals surface area contributed by atoms with E-state index in [-0.39, 0.29) is 6.04 Å². The van der Waals surface area contributed by atoms with Crippen molar-refractivity contribution in [1.29, 1.82) is 0 Å². The maximum absolute atomic E-state index is 6.09. The average molecular weight is 249 g/mol. The van der Waals surface area contributed by atoms with Crippen LogP contribution < -0.4 is 5.73 Å². The van der Waals surface area contributed by atoms with Crippen LogP contribution in [0.4, 0.5) is 0 Å². The monoisotopic (exact) mass is 249 g/mol. The Morgan fingerprint density at radius 3 is 2.33 bits per heavy atom. The van der Waals surface area contributed by atoms with E-state index in [9.17, 15) is 0 Å². The number of hydrogen-bond acceptors (Lipinski definition) is 3. The van der Waals surface area contributed by atoms with Crippen molar-refractivity contribution in [2.24, 2.45) is 5.73 Å². The molecule has 1 rings (SSSR count). The van der Waals surface area contributed by atoms with Gasteiger partial charge in [-0.25, -0.2) is 9.97 Å². The number of hydrogen-bond donors (Lipinski definition) is 1. The average Bonchev–Trinajstić information content (AvgIpc) is 2.42. The van der Waals surface area contributed by atoms with Crippen LogP contribution in [0, 0.1) is 0 Å². The molecule has 0 aliphatic heterocycles. The van der Waals surface area contributed by atoms with Gasteiger partial charge in [-0.05, 0) is 12.5 Å². The van der Waals surface area contributed by atoms with Crippen molar-refractivity contribution in [3.8, 4) is 0 Å². The normalized spacial score (nSPS) is 12.6. The zero-order valence-electron chi connectivity index (χ0n) is 11.6. The lowest BCUT2D eigenvalue weighted by atomic mass is 10.0. The topological polar surface area (TPSA) is 51.8 Å². The summed E-state index contributed by atoms with van der Waals surface area (Å²) in [6.07, 6.45) is 15.1. The quantitative estimate of drug-likeness (QED) is 0.637. The molecule has 1 heterocycles. The van der Waals surface area contributed by atoms with Crippen LogP contribution in [-0.4, -0.2) is 9.97 Å². The maximum Gasteiger partial charge on any atom is 0.115 e. The molecule has 0 radical (unpaired) electrons. The van der Waals surface area contributed by atoms with Gasteiger partial charge in [0, 0.05) is 12.2 Å². The van der Waals surface area contributed by atoms with E-state index in [0.717, 1.165) is 12.1 Å². The van der Waals surface area contributed by atoms with E-state index >= 15 is 0 Å². The second-order valence-electron chi connectivity index (χ2n) is 5.00. The van der Waals surface area contributed by atoms with Crippen LogP contribution >= 0.6 is 0 Å². The lowest BCUT2D eigenvalue weighted by Gasteiger charge is -2.10. The lowest BCUT2D eigenvalue weighted by molar-refractivity contribution is 0.531. The summed E-state index contributed by atoms with van der Waals surface area (Å²) in [5.74, 6) is 0. The van der Waals surface area contributed by atoms with Crippen molar-refractivity contribution in [2.45, 2.75) is 70.8 Å². The minimum atomic E-state index is 0.0769. The molecule has 0 amide bonds. The van der Waals surface area contributed by atoms with Crippen molar-refractivity contribution >= 4 is 0 Å². The second-order valence-corrected chi connectivity index (χ2v) is 5.00. The summed E-state index contributed by atoms with van der Waals surface area (Å²) in [4.78, 5) is 8.10. The number of rotatable bonds is 10. The molecule has 3 nitrogen and oxygen atoms in total. The Balaban J connectivity index is 1.98. The van der Waals surface area contributed by atoms with Crippen LogP contribution in [0.5, 0.6) is 0 Å². The highest BCUT2D eigenvalue weighted by molar-refractivity contribution is 5.03. The van der Waals surface area contributed by atoms with Gasteiger partial charge in [0.2, 0.25) is 0 Å². The number of nitrogens with two attached hydrogens (primary N) is 1. The molecule has 0 bridgehead atoms. The van der Waals surface area contributed by atoms with E-state index in [2.05, 4.69) is 16.9 Å². The molecule has 0 saturated carbocycles. The molecule has 18 heavy (non-hydrogen) atoms. The van der Waals surface area contributed by atoms with Crippen LogP contribution in [0.15, 0.2) is 18.6 Å². The van der Waals surface area contributed by atoms with Crippen LogP contribution in [-0.2, 0) is 0 Å². The smallest absolute Gasteiger partial charge is 0.115 e. The highest BCUT2D eigenvalue weighted by Gasteiger charge is 2.05. The van der Waals surface area contributed by atoms with Gasteiger partial charge in [-0.15, -0.1) is 0 Å². The first-order valence-electron chi connectivity index (χ1n) is 7.36. The molecule has 102 valence electrons. The highest BCUT2D eigenvalue weighted by atomic mass is 14.8. The Morgan fingerprint density at radius 1 is 1.06 bits per heavy atom. The molecule has 0 fully saturated rings. The Morgan fingerprint density at radius 2 is 1.72 bits per heavy atom. The Kier molecular flexibility index (Phi) is 8.40. The van der Waals surface area contributed by atoms with Crippen LogP contribution in [0.3, 0.4) is 0 Å². The molecule has 1 aromatic heterocycles. The van der Waals surface area contributed by atoms with Gasteiger partial charge in [0.15, 0.2) is 0 Å². The van der Waals surface area contributed by atoms with E-state index in [0.29, 0.717) is 0 Å². The maximum atomic E-state index is 6.09. The third-order valence-electron chi connectivity index (χ3n) is 3.35. The van der Waals surface area contributed by atoms with Gasteiger partial charge in [-0.1, -0.05) is 58.3 Å². The van der Waals surface area contributed by atoms with Gasteiger partial charge in [0.1, 0.15) is 6.33 Å². The molecule has 2 N–H and O–H groups in total. The molecule has 1 unspecified atom stereocenters. The fourth-order valence-corrected chi connectivity index (χ4v) is 2.17. The van der Waals surface area contributed by atoms with Gasteiger partial charge >= 0.3 is 0 Å². The summed E-state index contributed by atoms with van der Waals surface area (Å²) in [7, 11) is 0. The summed E-state index contributed by atoms with van der Waals surface area (Å²) in [5.41, 5.74) is 7.05. The zero-order valence-corrected chi connectivity index (χ0v) is 11.6. The van der Waals surface area contributed by atoms with Gasteiger partial charge in [0.25, 0.3) is 0 Å². The molecule has 1 atom stereocenters. The van der Waals surface area contributed by atoms with Gasteiger partial charge in [0.05, 0.1) is 5.69 Å². The summed E-state index contributed by atoms with van der Waals surface area (Å²) >= 11 is 0. The zero-order chi connectivity index (χ0) is 13.1. The molecule has 0 aromatic carbocycles. The van der Waals surface area contributed by atoms with Gasteiger partial charge in [-0.2, -0.15) is 0 Å². The van der Waals surface area contributed by atoms with E-state index in [4.69, 9.17) is 5.73 Å². The predicted octanol–water partition coefficient (Wildman–Crippen LogP) is 4.01. The third-order valence-corrected chi connectivity index (χ3v) is 3.35. The minimum Gasteiger partial charge on any atom is -0.323 e. The van der Waals surface area contributed by atoms with Crippen molar-refractivity contribution < 1.29 is 0 Å². The molecular weight excluding hydrogens is 222 g/mol. The van der Waals surface area contributed by atoms with Crippen molar-refractivity contribution in [3.63, 3.8) is 0 Å². The van der Waals surface area contributed by atoms with Crippen LogP contribution in [0.25, 0.3) is 0 Å². The van der Waals surface area contributed by atoms with Crippen LogP contribution in [0.1, 0.15) is 76.4 Å². The number of aromatic nitrogens is 2. The van der Waals surface area contributed by atoms with Crippen molar-refractivity contribution in [3.05, 3.63) is 24.3 Å².